The van der Waals surface area contributed by atoms with Gasteiger partial charge in [0.15, 0.2) is 0 Å². The molecule has 0 heterocycles. The van der Waals surface area contributed by atoms with Crippen LogP contribution in [0.25, 0.3) is 0 Å². The number of carbonyl (C=O) groups is 1. The third-order valence-electron chi connectivity index (χ3n) is 4.52. The first-order chi connectivity index (χ1) is 15.3. The summed E-state index contributed by atoms with van der Waals surface area (Å²) in [5.74, 6) is -0.568. The van der Waals surface area contributed by atoms with E-state index in [0.717, 1.165) is 19.9 Å². The Morgan fingerprint density at radius 2 is 1.81 bits per heavy atom. The fourth-order valence-corrected chi connectivity index (χ4v) is 4.76. The fraction of sp³-hybridized carbons (Fsp3) is 0.130. The van der Waals surface area contributed by atoms with Crippen LogP contribution in [0.1, 0.15) is 16.7 Å². The van der Waals surface area contributed by atoms with Crippen molar-refractivity contribution in [1.29, 1.82) is 0 Å². The number of hydrogen-bond donors (Lipinski definition) is 1. The third kappa shape index (κ3) is 6.49. The third-order valence-corrected chi connectivity index (χ3v) is 7.22. The lowest BCUT2D eigenvalue weighted by molar-refractivity contribution is -0.121. The average molecular weight is 535 g/mol. The van der Waals surface area contributed by atoms with E-state index in [-0.39, 0.29) is 11.4 Å². The van der Waals surface area contributed by atoms with Gasteiger partial charge in [0.25, 0.3) is 5.91 Å². The van der Waals surface area contributed by atoms with Crippen LogP contribution in [0.2, 0.25) is 5.02 Å². The highest BCUT2D eigenvalue weighted by Gasteiger charge is 2.27. The van der Waals surface area contributed by atoms with Gasteiger partial charge < -0.3 is 0 Å². The molecule has 0 saturated heterocycles. The van der Waals surface area contributed by atoms with Crippen LogP contribution in [-0.2, 0) is 21.4 Å². The van der Waals surface area contributed by atoms with Crippen molar-refractivity contribution in [1.82, 2.24) is 9.73 Å². The lowest BCUT2D eigenvalue weighted by atomic mass is 10.2. The van der Waals surface area contributed by atoms with Crippen molar-refractivity contribution in [3.05, 3.63) is 99.0 Å². The molecule has 3 aromatic rings. The maximum atomic E-state index is 13.3. The van der Waals surface area contributed by atoms with Gasteiger partial charge in [0, 0.05) is 16.0 Å². The van der Waals surface area contributed by atoms with Crippen LogP contribution in [0.3, 0.4) is 0 Å². The van der Waals surface area contributed by atoms with Crippen LogP contribution in [0.5, 0.6) is 0 Å². The molecule has 3 aromatic carbocycles. The lowest BCUT2D eigenvalue weighted by Gasteiger charge is -2.22. The van der Waals surface area contributed by atoms with Crippen LogP contribution < -0.4 is 5.43 Å². The van der Waals surface area contributed by atoms with Gasteiger partial charge in [0.05, 0.1) is 17.7 Å². The zero-order valence-corrected chi connectivity index (χ0v) is 20.4. The predicted molar refractivity (Wildman–Crippen MR) is 130 cm³/mol. The Hall–Kier alpha value is -2.52. The molecule has 1 N–H and O–H groups in total. The minimum Gasteiger partial charge on any atom is -0.272 e. The molecule has 6 nitrogen and oxygen atoms in total. The smallest absolute Gasteiger partial charge is 0.255 e. The van der Waals surface area contributed by atoms with Gasteiger partial charge in [-0.25, -0.2) is 13.8 Å². The van der Waals surface area contributed by atoms with Gasteiger partial charge in [-0.15, -0.1) is 0 Å². The second-order valence-electron chi connectivity index (χ2n) is 7.03. The zero-order valence-electron chi connectivity index (χ0n) is 17.2. The Labute approximate surface area is 201 Å². The van der Waals surface area contributed by atoms with E-state index in [9.17, 15) is 13.2 Å². The molecule has 32 heavy (non-hydrogen) atoms. The largest absolute Gasteiger partial charge is 0.272 e. The summed E-state index contributed by atoms with van der Waals surface area (Å²) in [6, 6.07) is 20.7. The molecule has 0 aromatic heterocycles. The summed E-state index contributed by atoms with van der Waals surface area (Å²) >= 11 is 9.53. The summed E-state index contributed by atoms with van der Waals surface area (Å²) < 4.78 is 28.4. The lowest BCUT2D eigenvalue weighted by Crippen LogP contribution is -2.39. The van der Waals surface area contributed by atoms with Crippen molar-refractivity contribution in [3.63, 3.8) is 0 Å². The van der Waals surface area contributed by atoms with E-state index in [1.165, 1.54) is 18.3 Å². The van der Waals surface area contributed by atoms with Crippen LogP contribution >= 0.6 is 27.5 Å². The molecular formula is C23H21BrClN3O3S. The van der Waals surface area contributed by atoms with Gasteiger partial charge in [-0.3, -0.25) is 4.79 Å². The number of benzene rings is 3. The topological polar surface area (TPSA) is 78.8 Å². The molecular weight excluding hydrogens is 514 g/mol. The molecule has 0 unspecified atom stereocenters. The molecule has 9 heteroatoms. The molecule has 0 saturated carbocycles. The number of nitrogens with one attached hydrogen (secondary N) is 1. The summed E-state index contributed by atoms with van der Waals surface area (Å²) in [6.07, 6.45) is 1.51. The van der Waals surface area contributed by atoms with Gasteiger partial charge in [-0.2, -0.15) is 9.41 Å². The Morgan fingerprint density at radius 3 is 2.50 bits per heavy atom. The van der Waals surface area contributed by atoms with Crippen molar-refractivity contribution in [2.75, 3.05) is 6.54 Å². The van der Waals surface area contributed by atoms with E-state index >= 15 is 0 Å². The molecule has 0 aliphatic rings. The average Bonchev–Trinajstić information content (AvgIpc) is 2.75. The van der Waals surface area contributed by atoms with Crippen molar-refractivity contribution < 1.29 is 13.2 Å². The van der Waals surface area contributed by atoms with E-state index in [2.05, 4.69) is 26.5 Å². The van der Waals surface area contributed by atoms with Crippen molar-refractivity contribution >= 4 is 49.7 Å². The second kappa shape index (κ2) is 10.9. The summed E-state index contributed by atoms with van der Waals surface area (Å²) in [6.45, 7) is 1.47. The number of sulfonamides is 1. The Bertz CT molecular complexity index is 1230. The highest BCUT2D eigenvalue weighted by atomic mass is 79.9. The highest BCUT2D eigenvalue weighted by molar-refractivity contribution is 9.10. The predicted octanol–water partition coefficient (Wildman–Crippen LogP) is 4.75. The van der Waals surface area contributed by atoms with E-state index in [1.807, 2.05) is 31.2 Å². The normalized spacial score (nSPS) is 11.8. The number of rotatable bonds is 8. The quantitative estimate of drug-likeness (QED) is 0.335. The molecule has 0 atom stereocenters. The standard InChI is InChI=1S/C23H21BrClN3O3S/c1-17-5-4-6-18(13-17)14-26-27-23(29)16-28(15-19-7-2-3-8-22(19)25)32(30,31)21-11-9-20(24)10-12-21/h2-14H,15-16H2,1H3,(H,27,29)/b26-14+. The Morgan fingerprint density at radius 1 is 1.09 bits per heavy atom. The number of hydrogen-bond acceptors (Lipinski definition) is 4. The molecule has 0 aliphatic heterocycles. The molecule has 0 fully saturated rings. The monoisotopic (exact) mass is 533 g/mol. The van der Waals surface area contributed by atoms with Crippen LogP contribution in [0.15, 0.2) is 87.3 Å². The number of carbonyl (C=O) groups excluding carboxylic acids is 1. The van der Waals surface area contributed by atoms with Gasteiger partial charge in [-0.05, 0) is 48.4 Å². The van der Waals surface area contributed by atoms with E-state index in [0.29, 0.717) is 10.6 Å². The first kappa shape index (κ1) is 24.1. The molecule has 0 radical (unpaired) electrons. The molecule has 166 valence electrons. The Balaban J connectivity index is 1.81. The fourth-order valence-electron chi connectivity index (χ4n) is 2.92. The van der Waals surface area contributed by atoms with Gasteiger partial charge in [-0.1, -0.05) is 75.6 Å². The number of amides is 1. The maximum absolute atomic E-state index is 13.3. The summed E-state index contributed by atoms with van der Waals surface area (Å²) in [7, 11) is -3.97. The second-order valence-corrected chi connectivity index (χ2v) is 10.3. The van der Waals surface area contributed by atoms with E-state index in [1.54, 1.807) is 36.4 Å². The first-order valence-electron chi connectivity index (χ1n) is 9.63. The molecule has 3 rings (SSSR count). The van der Waals surface area contributed by atoms with Crippen LogP contribution in [0.4, 0.5) is 0 Å². The number of aryl methyl sites for hydroxylation is 1. The van der Waals surface area contributed by atoms with Crippen molar-refractivity contribution in [2.24, 2.45) is 5.10 Å². The summed E-state index contributed by atoms with van der Waals surface area (Å²) in [4.78, 5) is 12.6. The Kier molecular flexibility index (Phi) is 8.20. The molecule has 0 bridgehead atoms. The summed E-state index contributed by atoms with van der Waals surface area (Å²) in [5, 5.41) is 4.37. The zero-order chi connectivity index (χ0) is 23.1. The number of nitrogens with zero attached hydrogens (tertiary/aromatic N) is 2. The summed E-state index contributed by atoms with van der Waals surface area (Å²) in [5.41, 5.74) is 4.87. The maximum Gasteiger partial charge on any atom is 0.255 e. The van der Waals surface area contributed by atoms with Gasteiger partial charge in [0.1, 0.15) is 0 Å². The van der Waals surface area contributed by atoms with E-state index < -0.39 is 22.5 Å². The van der Waals surface area contributed by atoms with Gasteiger partial charge >= 0.3 is 0 Å². The minimum absolute atomic E-state index is 0.0624. The molecule has 0 spiro atoms. The van der Waals surface area contributed by atoms with Crippen LogP contribution in [0, 0.1) is 6.92 Å². The number of halogens is 2. The number of hydrazone groups is 1. The molecule has 1 amide bonds. The van der Waals surface area contributed by atoms with Crippen molar-refractivity contribution in [2.45, 2.75) is 18.4 Å². The first-order valence-corrected chi connectivity index (χ1v) is 12.2. The van der Waals surface area contributed by atoms with Crippen LogP contribution in [-0.4, -0.2) is 31.4 Å². The molecule has 0 aliphatic carbocycles. The van der Waals surface area contributed by atoms with E-state index in [4.69, 9.17) is 11.6 Å². The van der Waals surface area contributed by atoms with Crippen molar-refractivity contribution in [3.8, 4) is 0 Å². The minimum atomic E-state index is -3.97. The highest BCUT2D eigenvalue weighted by Crippen LogP contribution is 2.23. The van der Waals surface area contributed by atoms with Gasteiger partial charge in [0.2, 0.25) is 10.0 Å². The SMILES string of the molecule is Cc1cccc(/C=N/NC(=O)CN(Cc2ccccc2Cl)S(=O)(=O)c2ccc(Br)cc2)c1.